The SMILES string of the molecule is CCCC(O)C1CN(C)CCN1. The number of aliphatic hydroxyl groups excluding tert-OH is 1. The van der Waals surface area contributed by atoms with Crippen molar-refractivity contribution in [2.24, 2.45) is 0 Å². The summed E-state index contributed by atoms with van der Waals surface area (Å²) in [5.41, 5.74) is 0. The molecule has 0 spiro atoms. The Kier molecular flexibility index (Phi) is 3.98. The van der Waals surface area contributed by atoms with E-state index in [9.17, 15) is 5.11 Å². The molecule has 0 saturated carbocycles. The second-order valence-corrected chi connectivity index (χ2v) is 3.68. The molecule has 0 aromatic carbocycles. The Morgan fingerprint density at radius 1 is 1.67 bits per heavy atom. The van der Waals surface area contributed by atoms with Gasteiger partial charge in [-0.05, 0) is 13.5 Å². The molecule has 1 heterocycles. The molecule has 2 atom stereocenters. The van der Waals surface area contributed by atoms with Crippen LogP contribution in [-0.4, -0.2) is 48.8 Å². The van der Waals surface area contributed by atoms with Crippen molar-refractivity contribution < 1.29 is 5.11 Å². The van der Waals surface area contributed by atoms with Gasteiger partial charge in [0, 0.05) is 25.7 Å². The van der Waals surface area contributed by atoms with Crippen LogP contribution in [0.5, 0.6) is 0 Å². The highest BCUT2D eigenvalue weighted by Gasteiger charge is 2.22. The first-order valence-corrected chi connectivity index (χ1v) is 4.84. The van der Waals surface area contributed by atoms with E-state index in [2.05, 4.69) is 24.2 Å². The normalized spacial score (nSPS) is 28.8. The topological polar surface area (TPSA) is 35.5 Å². The minimum absolute atomic E-state index is 0.169. The lowest BCUT2D eigenvalue weighted by Gasteiger charge is -2.33. The van der Waals surface area contributed by atoms with Gasteiger partial charge in [0.15, 0.2) is 0 Å². The molecule has 0 bridgehead atoms. The lowest BCUT2D eigenvalue weighted by Crippen LogP contribution is -2.54. The largest absolute Gasteiger partial charge is 0.391 e. The van der Waals surface area contributed by atoms with Crippen molar-refractivity contribution in [2.45, 2.75) is 31.9 Å². The van der Waals surface area contributed by atoms with Gasteiger partial charge in [0.05, 0.1) is 6.10 Å². The number of piperazine rings is 1. The Morgan fingerprint density at radius 2 is 2.42 bits per heavy atom. The minimum atomic E-state index is -0.169. The van der Waals surface area contributed by atoms with Crippen molar-refractivity contribution in [3.8, 4) is 0 Å². The van der Waals surface area contributed by atoms with Crippen molar-refractivity contribution in [1.29, 1.82) is 0 Å². The monoisotopic (exact) mass is 172 g/mol. The van der Waals surface area contributed by atoms with Crippen LogP contribution in [0.25, 0.3) is 0 Å². The fourth-order valence-corrected chi connectivity index (χ4v) is 1.69. The van der Waals surface area contributed by atoms with Crippen LogP contribution in [0, 0.1) is 0 Å². The van der Waals surface area contributed by atoms with Gasteiger partial charge in [-0.3, -0.25) is 0 Å². The van der Waals surface area contributed by atoms with E-state index >= 15 is 0 Å². The molecule has 1 rings (SSSR count). The molecule has 1 saturated heterocycles. The van der Waals surface area contributed by atoms with Crippen LogP contribution in [-0.2, 0) is 0 Å². The predicted octanol–water partition coefficient (Wildman–Crippen LogP) is 0.0510. The second-order valence-electron chi connectivity index (χ2n) is 3.68. The zero-order chi connectivity index (χ0) is 8.97. The first kappa shape index (κ1) is 9.96. The first-order valence-electron chi connectivity index (χ1n) is 4.84. The first-order chi connectivity index (χ1) is 5.74. The molecule has 3 heteroatoms. The molecule has 0 aliphatic carbocycles. The summed E-state index contributed by atoms with van der Waals surface area (Å²) >= 11 is 0. The molecule has 0 radical (unpaired) electrons. The summed E-state index contributed by atoms with van der Waals surface area (Å²) in [7, 11) is 2.10. The molecule has 2 unspecified atom stereocenters. The van der Waals surface area contributed by atoms with Crippen LogP contribution in [0.4, 0.5) is 0 Å². The van der Waals surface area contributed by atoms with Gasteiger partial charge in [-0.15, -0.1) is 0 Å². The third kappa shape index (κ3) is 2.73. The maximum atomic E-state index is 9.70. The maximum absolute atomic E-state index is 9.70. The second kappa shape index (κ2) is 4.80. The molecule has 1 aliphatic heterocycles. The van der Waals surface area contributed by atoms with Gasteiger partial charge in [-0.1, -0.05) is 13.3 Å². The Morgan fingerprint density at radius 3 is 3.00 bits per heavy atom. The van der Waals surface area contributed by atoms with Gasteiger partial charge in [0.2, 0.25) is 0 Å². The van der Waals surface area contributed by atoms with E-state index in [1.54, 1.807) is 0 Å². The van der Waals surface area contributed by atoms with Gasteiger partial charge in [0.1, 0.15) is 0 Å². The van der Waals surface area contributed by atoms with Crippen LogP contribution < -0.4 is 5.32 Å². The molecule has 12 heavy (non-hydrogen) atoms. The van der Waals surface area contributed by atoms with Crippen molar-refractivity contribution in [3.63, 3.8) is 0 Å². The summed E-state index contributed by atoms with van der Waals surface area (Å²) in [6.07, 6.45) is 1.80. The zero-order valence-electron chi connectivity index (χ0n) is 8.08. The quantitative estimate of drug-likeness (QED) is 0.631. The standard InChI is InChI=1S/C9H20N2O/c1-3-4-9(12)8-7-11(2)6-5-10-8/h8-10,12H,3-7H2,1-2H3. The van der Waals surface area contributed by atoms with E-state index in [0.29, 0.717) is 0 Å². The third-order valence-corrected chi connectivity index (χ3v) is 2.46. The average Bonchev–Trinajstić information content (AvgIpc) is 2.05. The third-order valence-electron chi connectivity index (χ3n) is 2.46. The van der Waals surface area contributed by atoms with E-state index in [4.69, 9.17) is 0 Å². The lowest BCUT2D eigenvalue weighted by atomic mass is 10.0. The highest BCUT2D eigenvalue weighted by Crippen LogP contribution is 2.06. The van der Waals surface area contributed by atoms with Crippen molar-refractivity contribution in [2.75, 3.05) is 26.7 Å². The molecule has 3 nitrogen and oxygen atoms in total. The number of rotatable bonds is 3. The number of aliphatic hydroxyl groups is 1. The fraction of sp³-hybridized carbons (Fsp3) is 1.00. The van der Waals surface area contributed by atoms with E-state index in [1.165, 1.54) is 0 Å². The van der Waals surface area contributed by atoms with Gasteiger partial charge < -0.3 is 15.3 Å². The molecule has 1 aliphatic rings. The summed E-state index contributed by atoms with van der Waals surface area (Å²) in [6.45, 7) is 5.17. The van der Waals surface area contributed by atoms with Crippen molar-refractivity contribution >= 4 is 0 Å². The molecule has 0 aromatic rings. The van der Waals surface area contributed by atoms with Crippen LogP contribution in [0.1, 0.15) is 19.8 Å². The number of nitrogens with zero attached hydrogens (tertiary/aromatic N) is 1. The number of hydrogen-bond acceptors (Lipinski definition) is 3. The Labute approximate surface area is 74.8 Å². The molecule has 0 aromatic heterocycles. The Bertz CT molecular complexity index is 130. The summed E-state index contributed by atoms with van der Waals surface area (Å²) < 4.78 is 0. The molecule has 0 amide bonds. The smallest absolute Gasteiger partial charge is 0.0705 e. The fourth-order valence-electron chi connectivity index (χ4n) is 1.69. The van der Waals surface area contributed by atoms with Gasteiger partial charge in [0.25, 0.3) is 0 Å². The molecule has 2 N–H and O–H groups in total. The van der Waals surface area contributed by atoms with Gasteiger partial charge >= 0.3 is 0 Å². The highest BCUT2D eigenvalue weighted by atomic mass is 16.3. The number of hydrogen-bond donors (Lipinski definition) is 2. The van der Waals surface area contributed by atoms with Gasteiger partial charge in [-0.2, -0.15) is 0 Å². The van der Waals surface area contributed by atoms with Crippen LogP contribution in [0.2, 0.25) is 0 Å². The van der Waals surface area contributed by atoms with E-state index in [0.717, 1.165) is 32.5 Å². The summed E-state index contributed by atoms with van der Waals surface area (Å²) in [4.78, 5) is 2.26. The molecule has 72 valence electrons. The van der Waals surface area contributed by atoms with Crippen LogP contribution >= 0.6 is 0 Å². The van der Waals surface area contributed by atoms with Crippen molar-refractivity contribution in [1.82, 2.24) is 10.2 Å². The van der Waals surface area contributed by atoms with E-state index in [-0.39, 0.29) is 12.1 Å². The number of nitrogens with one attached hydrogen (secondary N) is 1. The molecular weight excluding hydrogens is 152 g/mol. The lowest BCUT2D eigenvalue weighted by molar-refractivity contribution is 0.0816. The Hall–Kier alpha value is -0.120. The van der Waals surface area contributed by atoms with Crippen LogP contribution in [0.3, 0.4) is 0 Å². The summed E-state index contributed by atoms with van der Waals surface area (Å²) in [5, 5.41) is 13.0. The van der Waals surface area contributed by atoms with E-state index < -0.39 is 0 Å². The average molecular weight is 172 g/mol. The highest BCUT2D eigenvalue weighted by molar-refractivity contribution is 4.82. The maximum Gasteiger partial charge on any atom is 0.0705 e. The molecule has 1 fully saturated rings. The van der Waals surface area contributed by atoms with Crippen LogP contribution in [0.15, 0.2) is 0 Å². The van der Waals surface area contributed by atoms with Gasteiger partial charge in [-0.25, -0.2) is 0 Å². The minimum Gasteiger partial charge on any atom is -0.391 e. The molecular formula is C9H20N2O. The predicted molar refractivity (Wildman–Crippen MR) is 50.2 cm³/mol. The summed E-state index contributed by atoms with van der Waals surface area (Å²) in [5.74, 6) is 0. The summed E-state index contributed by atoms with van der Waals surface area (Å²) in [6, 6.07) is 0.281. The Balaban J connectivity index is 2.29. The van der Waals surface area contributed by atoms with Crippen molar-refractivity contribution in [3.05, 3.63) is 0 Å². The van der Waals surface area contributed by atoms with E-state index in [1.807, 2.05) is 0 Å². The zero-order valence-corrected chi connectivity index (χ0v) is 8.08. The number of likely N-dealkylation sites (N-methyl/N-ethyl adjacent to an activating group) is 1.